The number of nitrogens with zero attached hydrogens (tertiary/aromatic N) is 2. The molecule has 0 aliphatic heterocycles. The van der Waals surface area contributed by atoms with Crippen molar-refractivity contribution in [3.05, 3.63) is 46.9 Å². The summed E-state index contributed by atoms with van der Waals surface area (Å²) in [4.78, 5) is 10.0. The standard InChI is InChI=1S/C14H18N4S/c1-9-4-5-10(2)12(6-9)19-8-14-16-11(3)7-13(17-14)18-15/h4-7H,8,15H2,1-3H3,(H,16,17,18). The predicted octanol–water partition coefficient (Wildman–Crippen LogP) is 2.98. The first-order chi connectivity index (χ1) is 9.08. The smallest absolute Gasteiger partial charge is 0.143 e. The Morgan fingerprint density at radius 2 is 1.95 bits per heavy atom. The topological polar surface area (TPSA) is 63.8 Å². The van der Waals surface area contributed by atoms with Crippen molar-refractivity contribution in [2.24, 2.45) is 5.84 Å². The van der Waals surface area contributed by atoms with Crippen molar-refractivity contribution < 1.29 is 0 Å². The molecule has 2 rings (SSSR count). The normalized spacial score (nSPS) is 10.5. The van der Waals surface area contributed by atoms with Crippen molar-refractivity contribution in [3.8, 4) is 0 Å². The number of rotatable bonds is 4. The molecule has 0 bridgehead atoms. The van der Waals surface area contributed by atoms with Crippen LogP contribution in [0.3, 0.4) is 0 Å². The van der Waals surface area contributed by atoms with Crippen molar-refractivity contribution in [2.45, 2.75) is 31.4 Å². The van der Waals surface area contributed by atoms with Crippen LogP contribution in [0, 0.1) is 20.8 Å². The Hall–Kier alpha value is -1.59. The Balaban J connectivity index is 2.14. The molecule has 0 spiro atoms. The molecular formula is C14H18N4S. The van der Waals surface area contributed by atoms with Gasteiger partial charge in [-0.3, -0.25) is 0 Å². The van der Waals surface area contributed by atoms with Crippen molar-refractivity contribution in [1.82, 2.24) is 9.97 Å². The Kier molecular flexibility index (Phi) is 4.39. The van der Waals surface area contributed by atoms with E-state index >= 15 is 0 Å². The van der Waals surface area contributed by atoms with E-state index in [1.165, 1.54) is 16.0 Å². The fourth-order valence-corrected chi connectivity index (χ4v) is 2.75. The molecular weight excluding hydrogens is 256 g/mol. The maximum atomic E-state index is 5.39. The lowest BCUT2D eigenvalue weighted by Crippen LogP contribution is -2.10. The molecule has 0 saturated heterocycles. The van der Waals surface area contributed by atoms with E-state index in [4.69, 9.17) is 5.84 Å². The van der Waals surface area contributed by atoms with Crippen LogP contribution in [0.1, 0.15) is 22.6 Å². The second-order valence-electron chi connectivity index (χ2n) is 4.51. The Bertz CT molecular complexity index is 584. The lowest BCUT2D eigenvalue weighted by molar-refractivity contribution is 0.990. The molecule has 0 atom stereocenters. The van der Waals surface area contributed by atoms with E-state index in [0.29, 0.717) is 5.82 Å². The van der Waals surface area contributed by atoms with Crippen molar-refractivity contribution in [3.63, 3.8) is 0 Å². The van der Waals surface area contributed by atoms with Crippen molar-refractivity contribution >= 4 is 17.6 Å². The van der Waals surface area contributed by atoms with Crippen molar-refractivity contribution in [1.29, 1.82) is 0 Å². The van der Waals surface area contributed by atoms with Gasteiger partial charge in [-0.2, -0.15) is 0 Å². The van der Waals surface area contributed by atoms with Gasteiger partial charge >= 0.3 is 0 Å². The number of aryl methyl sites for hydroxylation is 3. The number of anilines is 1. The summed E-state index contributed by atoms with van der Waals surface area (Å²) in [7, 11) is 0. The number of benzene rings is 1. The van der Waals surface area contributed by atoms with Gasteiger partial charge in [-0.1, -0.05) is 17.7 Å². The molecule has 5 heteroatoms. The fourth-order valence-electron chi connectivity index (χ4n) is 1.77. The fraction of sp³-hybridized carbons (Fsp3) is 0.286. The minimum atomic E-state index is 0.657. The largest absolute Gasteiger partial charge is 0.308 e. The van der Waals surface area contributed by atoms with Gasteiger partial charge in [0.25, 0.3) is 0 Å². The molecule has 0 radical (unpaired) electrons. The summed E-state index contributed by atoms with van der Waals surface area (Å²) in [6, 6.07) is 8.28. The number of hydrogen-bond donors (Lipinski definition) is 2. The average Bonchev–Trinajstić information content (AvgIpc) is 2.39. The SMILES string of the molecule is Cc1ccc(C)c(SCc2nc(C)cc(NN)n2)c1. The van der Waals surface area contributed by atoms with Gasteiger partial charge in [0.15, 0.2) is 0 Å². The van der Waals surface area contributed by atoms with Crippen LogP contribution in [0.15, 0.2) is 29.2 Å². The number of thioether (sulfide) groups is 1. The molecule has 3 N–H and O–H groups in total. The highest BCUT2D eigenvalue weighted by Gasteiger charge is 2.05. The van der Waals surface area contributed by atoms with Crippen LogP contribution in [0.5, 0.6) is 0 Å². The molecule has 1 aromatic carbocycles. The molecule has 100 valence electrons. The quantitative estimate of drug-likeness (QED) is 0.510. The molecule has 19 heavy (non-hydrogen) atoms. The van der Waals surface area contributed by atoms with E-state index in [9.17, 15) is 0 Å². The van der Waals surface area contributed by atoms with Crippen LogP contribution in [0.2, 0.25) is 0 Å². The van der Waals surface area contributed by atoms with Gasteiger partial charge in [-0.25, -0.2) is 15.8 Å². The number of nitrogen functional groups attached to an aromatic ring is 1. The van der Waals surface area contributed by atoms with Gasteiger partial charge in [0, 0.05) is 16.7 Å². The number of hydrazine groups is 1. The summed E-state index contributed by atoms with van der Waals surface area (Å²) >= 11 is 1.75. The number of nitrogens with two attached hydrogens (primary N) is 1. The molecule has 1 aromatic heterocycles. The minimum absolute atomic E-state index is 0.657. The molecule has 0 saturated carbocycles. The van der Waals surface area contributed by atoms with E-state index in [1.807, 2.05) is 13.0 Å². The van der Waals surface area contributed by atoms with Gasteiger partial charge in [-0.15, -0.1) is 11.8 Å². The van der Waals surface area contributed by atoms with E-state index in [2.05, 4.69) is 47.4 Å². The second-order valence-corrected chi connectivity index (χ2v) is 5.53. The Labute approximate surface area is 117 Å². The van der Waals surface area contributed by atoms with Gasteiger partial charge < -0.3 is 5.43 Å². The average molecular weight is 274 g/mol. The van der Waals surface area contributed by atoms with Crippen LogP contribution in [-0.4, -0.2) is 9.97 Å². The highest BCUT2D eigenvalue weighted by molar-refractivity contribution is 7.98. The third kappa shape index (κ3) is 3.68. The first-order valence-corrected chi connectivity index (χ1v) is 7.08. The van der Waals surface area contributed by atoms with E-state index in [0.717, 1.165) is 17.3 Å². The molecule has 2 aromatic rings. The Morgan fingerprint density at radius 1 is 1.16 bits per heavy atom. The highest BCUT2D eigenvalue weighted by atomic mass is 32.2. The summed E-state index contributed by atoms with van der Waals surface area (Å²) in [5, 5.41) is 0. The molecule has 0 aliphatic carbocycles. The first-order valence-electron chi connectivity index (χ1n) is 6.09. The summed E-state index contributed by atoms with van der Waals surface area (Å²) in [5.41, 5.74) is 6.03. The van der Waals surface area contributed by atoms with Gasteiger partial charge in [-0.05, 0) is 32.4 Å². The zero-order valence-corrected chi connectivity index (χ0v) is 12.2. The second kappa shape index (κ2) is 6.04. The number of aromatic nitrogens is 2. The maximum absolute atomic E-state index is 5.39. The lowest BCUT2D eigenvalue weighted by Gasteiger charge is -2.08. The van der Waals surface area contributed by atoms with Crippen molar-refractivity contribution in [2.75, 3.05) is 5.43 Å². The molecule has 0 fully saturated rings. The van der Waals surface area contributed by atoms with Crippen LogP contribution in [0.25, 0.3) is 0 Å². The molecule has 4 nitrogen and oxygen atoms in total. The van der Waals surface area contributed by atoms with Crippen LogP contribution in [0.4, 0.5) is 5.82 Å². The summed E-state index contributed by atoms with van der Waals surface area (Å²) in [6.07, 6.45) is 0. The van der Waals surface area contributed by atoms with E-state index in [-0.39, 0.29) is 0 Å². The van der Waals surface area contributed by atoms with Crippen LogP contribution in [-0.2, 0) is 5.75 Å². The van der Waals surface area contributed by atoms with Crippen LogP contribution >= 0.6 is 11.8 Å². The highest BCUT2D eigenvalue weighted by Crippen LogP contribution is 2.26. The monoisotopic (exact) mass is 274 g/mol. The third-order valence-electron chi connectivity index (χ3n) is 2.75. The maximum Gasteiger partial charge on any atom is 0.143 e. The van der Waals surface area contributed by atoms with E-state index in [1.54, 1.807) is 11.8 Å². The van der Waals surface area contributed by atoms with Gasteiger partial charge in [0.1, 0.15) is 11.6 Å². The molecule has 0 aliphatic rings. The zero-order chi connectivity index (χ0) is 13.8. The third-order valence-corrected chi connectivity index (χ3v) is 3.90. The lowest BCUT2D eigenvalue weighted by atomic mass is 10.2. The van der Waals surface area contributed by atoms with E-state index < -0.39 is 0 Å². The van der Waals surface area contributed by atoms with Crippen LogP contribution < -0.4 is 11.3 Å². The number of nitrogens with one attached hydrogen (secondary N) is 1. The first kappa shape index (κ1) is 13.8. The zero-order valence-electron chi connectivity index (χ0n) is 11.4. The van der Waals surface area contributed by atoms with Gasteiger partial charge in [0.05, 0.1) is 5.75 Å². The summed E-state index contributed by atoms with van der Waals surface area (Å²) in [6.45, 7) is 6.16. The molecule has 0 amide bonds. The number of hydrogen-bond acceptors (Lipinski definition) is 5. The molecule has 0 unspecified atom stereocenters. The summed E-state index contributed by atoms with van der Waals surface area (Å²) < 4.78 is 0. The summed E-state index contributed by atoms with van der Waals surface area (Å²) in [5.74, 6) is 7.58. The predicted molar refractivity (Wildman–Crippen MR) is 80.1 cm³/mol. The van der Waals surface area contributed by atoms with Gasteiger partial charge in [0.2, 0.25) is 0 Å². The molecule has 1 heterocycles. The Morgan fingerprint density at radius 3 is 2.68 bits per heavy atom. The minimum Gasteiger partial charge on any atom is -0.308 e.